The van der Waals surface area contributed by atoms with Gasteiger partial charge in [-0.1, -0.05) is 6.07 Å². The van der Waals surface area contributed by atoms with Gasteiger partial charge in [0.2, 0.25) is 0 Å². The molecule has 0 saturated heterocycles. The third-order valence-electron chi connectivity index (χ3n) is 4.37. The van der Waals surface area contributed by atoms with Crippen molar-refractivity contribution >= 4 is 11.0 Å². The van der Waals surface area contributed by atoms with Crippen molar-refractivity contribution in [2.24, 2.45) is 7.05 Å². The summed E-state index contributed by atoms with van der Waals surface area (Å²) < 4.78 is 66.9. The molecule has 0 spiro atoms. The maximum absolute atomic E-state index is 13.4. The lowest BCUT2D eigenvalue weighted by Gasteiger charge is -2.05. The van der Waals surface area contributed by atoms with E-state index in [9.17, 15) is 26.7 Å². The highest BCUT2D eigenvalue weighted by Crippen LogP contribution is 2.31. The Hall–Kier alpha value is -3.63. The van der Waals surface area contributed by atoms with Crippen molar-refractivity contribution in [2.75, 3.05) is 0 Å². The summed E-state index contributed by atoms with van der Waals surface area (Å²) in [5, 5.41) is 2.74. The van der Waals surface area contributed by atoms with E-state index in [2.05, 4.69) is 20.1 Å². The van der Waals surface area contributed by atoms with Crippen molar-refractivity contribution in [1.29, 1.82) is 0 Å². The number of nitrogens with one attached hydrogen (secondary N) is 1. The van der Waals surface area contributed by atoms with E-state index < -0.39 is 34.5 Å². The number of halogens is 5. The van der Waals surface area contributed by atoms with Crippen LogP contribution in [-0.2, 0) is 19.6 Å². The number of nitrogens with zero attached hydrogens (tertiary/aromatic N) is 4. The largest absolute Gasteiger partial charge is 0.436 e. The van der Waals surface area contributed by atoms with Gasteiger partial charge in [-0.05, 0) is 23.8 Å². The van der Waals surface area contributed by atoms with Gasteiger partial charge in [0.15, 0.2) is 11.3 Å². The van der Waals surface area contributed by atoms with Gasteiger partial charge < -0.3 is 4.98 Å². The molecule has 3 heterocycles. The summed E-state index contributed by atoms with van der Waals surface area (Å²) >= 11 is 0. The highest BCUT2D eigenvalue weighted by Gasteiger charge is 2.38. The number of aromatic amines is 1. The van der Waals surface area contributed by atoms with Crippen LogP contribution in [0.15, 0.2) is 41.3 Å². The fourth-order valence-corrected chi connectivity index (χ4v) is 3.08. The minimum atomic E-state index is -4.79. The molecule has 0 aliphatic heterocycles. The number of pyridine rings is 1. The van der Waals surface area contributed by atoms with Gasteiger partial charge in [0.1, 0.15) is 22.8 Å². The number of hydrogen-bond donors (Lipinski definition) is 1. The first-order chi connectivity index (χ1) is 14.1. The topological polar surface area (TPSA) is 76.5 Å². The minimum Gasteiger partial charge on any atom is -0.310 e. The standard InChI is InChI=1S/C19H12F5N5O/c1-29-17-15(16(28-29)19(22,23)24)18(30)27-14(26-17)4-9-2-3-13(25-8-9)10-5-11(20)7-12(21)6-10/h2-3,5-8H,4H2,1H3,(H,26,27,30). The van der Waals surface area contributed by atoms with Crippen LogP contribution in [0, 0.1) is 11.6 Å². The van der Waals surface area contributed by atoms with Gasteiger partial charge >= 0.3 is 6.18 Å². The van der Waals surface area contributed by atoms with E-state index in [1.54, 1.807) is 6.07 Å². The summed E-state index contributed by atoms with van der Waals surface area (Å²) in [6.07, 6.45) is -3.29. The highest BCUT2D eigenvalue weighted by molar-refractivity contribution is 5.77. The zero-order chi connectivity index (χ0) is 21.6. The van der Waals surface area contributed by atoms with Gasteiger partial charge in [-0.15, -0.1) is 0 Å². The van der Waals surface area contributed by atoms with Gasteiger partial charge in [0, 0.05) is 31.3 Å². The summed E-state index contributed by atoms with van der Waals surface area (Å²) in [7, 11) is 1.27. The zero-order valence-electron chi connectivity index (χ0n) is 15.3. The first-order valence-corrected chi connectivity index (χ1v) is 8.56. The summed E-state index contributed by atoms with van der Waals surface area (Å²) in [6, 6.07) is 6.17. The lowest BCUT2D eigenvalue weighted by atomic mass is 10.1. The molecule has 30 heavy (non-hydrogen) atoms. The summed E-state index contributed by atoms with van der Waals surface area (Å²) in [5.41, 5.74) is -1.28. The lowest BCUT2D eigenvalue weighted by Crippen LogP contribution is -2.16. The molecule has 0 bridgehead atoms. The fraction of sp³-hybridized carbons (Fsp3) is 0.158. The number of alkyl halides is 3. The summed E-state index contributed by atoms with van der Waals surface area (Å²) in [5.74, 6) is -1.35. The van der Waals surface area contributed by atoms with Gasteiger partial charge in [-0.2, -0.15) is 18.3 Å². The van der Waals surface area contributed by atoms with Crippen LogP contribution in [-0.4, -0.2) is 24.7 Å². The Morgan fingerprint density at radius 3 is 2.40 bits per heavy atom. The molecular weight excluding hydrogens is 409 g/mol. The Balaban J connectivity index is 1.66. The van der Waals surface area contributed by atoms with E-state index in [4.69, 9.17) is 0 Å². The molecule has 6 nitrogen and oxygen atoms in total. The van der Waals surface area contributed by atoms with Gasteiger partial charge in [0.05, 0.1) is 5.69 Å². The number of fused-ring (bicyclic) bond motifs is 1. The first kappa shape index (κ1) is 19.7. The average molecular weight is 421 g/mol. The Bertz CT molecular complexity index is 1290. The van der Waals surface area contributed by atoms with Crippen LogP contribution in [0.3, 0.4) is 0 Å². The molecule has 0 aliphatic rings. The molecule has 0 fully saturated rings. The third kappa shape index (κ3) is 3.65. The number of aromatic nitrogens is 5. The van der Waals surface area contributed by atoms with Crippen LogP contribution in [0.1, 0.15) is 17.1 Å². The molecule has 0 amide bonds. The van der Waals surface area contributed by atoms with E-state index in [0.717, 1.165) is 22.9 Å². The Labute approximate surface area is 165 Å². The molecule has 0 atom stereocenters. The minimum absolute atomic E-state index is 0.0719. The number of H-pyrrole nitrogens is 1. The van der Waals surface area contributed by atoms with Crippen molar-refractivity contribution in [2.45, 2.75) is 12.6 Å². The normalized spacial score (nSPS) is 11.9. The quantitative estimate of drug-likeness (QED) is 0.513. The van der Waals surface area contributed by atoms with Crippen molar-refractivity contribution in [3.05, 3.63) is 75.6 Å². The maximum Gasteiger partial charge on any atom is 0.436 e. The maximum atomic E-state index is 13.4. The van der Waals surface area contributed by atoms with Crippen LogP contribution in [0.5, 0.6) is 0 Å². The molecular formula is C19H12F5N5O. The Kier molecular flexibility index (Phi) is 4.60. The van der Waals surface area contributed by atoms with Crippen molar-refractivity contribution in [3.63, 3.8) is 0 Å². The van der Waals surface area contributed by atoms with E-state index in [1.807, 2.05) is 0 Å². The highest BCUT2D eigenvalue weighted by atomic mass is 19.4. The van der Waals surface area contributed by atoms with Gasteiger partial charge in [0.25, 0.3) is 5.56 Å². The second kappa shape index (κ2) is 7.01. The Morgan fingerprint density at radius 2 is 1.80 bits per heavy atom. The lowest BCUT2D eigenvalue weighted by molar-refractivity contribution is -0.140. The number of benzene rings is 1. The van der Waals surface area contributed by atoms with Gasteiger partial charge in [-0.3, -0.25) is 9.78 Å². The molecule has 4 aromatic rings. The predicted octanol–water partition coefficient (Wildman–Crippen LogP) is 3.61. The SMILES string of the molecule is Cn1nc(C(F)(F)F)c2c(=O)[nH]c(Cc3ccc(-c4cc(F)cc(F)c4)nc3)nc21. The van der Waals surface area contributed by atoms with Crippen LogP contribution < -0.4 is 5.56 Å². The molecule has 0 radical (unpaired) electrons. The van der Waals surface area contributed by atoms with E-state index >= 15 is 0 Å². The average Bonchev–Trinajstić information content (AvgIpc) is 2.99. The molecule has 11 heteroatoms. The molecule has 4 rings (SSSR count). The molecule has 0 aliphatic carbocycles. The predicted molar refractivity (Wildman–Crippen MR) is 96.5 cm³/mol. The number of hydrogen-bond acceptors (Lipinski definition) is 4. The van der Waals surface area contributed by atoms with Crippen LogP contribution in [0.4, 0.5) is 22.0 Å². The molecule has 0 saturated carbocycles. The van der Waals surface area contributed by atoms with Crippen LogP contribution in [0.25, 0.3) is 22.3 Å². The van der Waals surface area contributed by atoms with Crippen LogP contribution >= 0.6 is 0 Å². The summed E-state index contributed by atoms with van der Waals surface area (Å²) in [4.78, 5) is 22.8. The third-order valence-corrected chi connectivity index (χ3v) is 4.37. The second-order valence-electron chi connectivity index (χ2n) is 6.57. The Morgan fingerprint density at radius 1 is 1.10 bits per heavy atom. The van der Waals surface area contributed by atoms with E-state index in [0.29, 0.717) is 11.3 Å². The smallest absolute Gasteiger partial charge is 0.310 e. The fourth-order valence-electron chi connectivity index (χ4n) is 3.08. The zero-order valence-corrected chi connectivity index (χ0v) is 15.3. The van der Waals surface area contributed by atoms with Crippen molar-refractivity contribution in [3.8, 4) is 11.3 Å². The molecule has 154 valence electrons. The number of aryl methyl sites for hydroxylation is 1. The van der Waals surface area contributed by atoms with Gasteiger partial charge in [-0.25, -0.2) is 18.4 Å². The van der Waals surface area contributed by atoms with E-state index in [1.165, 1.54) is 19.3 Å². The first-order valence-electron chi connectivity index (χ1n) is 8.56. The van der Waals surface area contributed by atoms with Crippen molar-refractivity contribution < 1.29 is 22.0 Å². The molecule has 0 unspecified atom stereocenters. The number of rotatable bonds is 3. The molecule has 3 aromatic heterocycles. The summed E-state index contributed by atoms with van der Waals surface area (Å²) in [6.45, 7) is 0. The van der Waals surface area contributed by atoms with Crippen LogP contribution in [0.2, 0.25) is 0 Å². The second-order valence-corrected chi connectivity index (χ2v) is 6.57. The molecule has 1 N–H and O–H groups in total. The molecule has 1 aromatic carbocycles. The van der Waals surface area contributed by atoms with E-state index in [-0.39, 0.29) is 23.5 Å². The van der Waals surface area contributed by atoms with Crippen molar-refractivity contribution in [1.82, 2.24) is 24.7 Å². The monoisotopic (exact) mass is 421 g/mol.